The maximum absolute atomic E-state index is 4.06. The van der Waals surface area contributed by atoms with E-state index in [1.807, 2.05) is 0 Å². The molecule has 193 valence electrons. The van der Waals surface area contributed by atoms with E-state index in [1.165, 1.54) is 88.5 Å². The zero-order chi connectivity index (χ0) is 23.5. The molecule has 4 heteroatoms. The van der Waals surface area contributed by atoms with Crippen molar-refractivity contribution in [3.05, 3.63) is 94.1 Å². The third-order valence-electron chi connectivity index (χ3n) is 10.2. The summed E-state index contributed by atoms with van der Waals surface area (Å²) in [4.78, 5) is 0. The summed E-state index contributed by atoms with van der Waals surface area (Å²) in [6, 6.07) is 18.2. The Kier molecular flexibility index (Phi) is 7.38. The minimum atomic E-state index is 0. The van der Waals surface area contributed by atoms with Crippen LogP contribution in [-0.2, 0) is 33.3 Å². The van der Waals surface area contributed by atoms with Crippen LogP contribution < -0.4 is 24.8 Å². The van der Waals surface area contributed by atoms with Gasteiger partial charge in [0.25, 0.3) is 0 Å². The number of para-hydroxylation sites is 1. The second-order valence-electron chi connectivity index (χ2n) is 12.6. The molecule has 1 aromatic heterocycles. The first-order valence-corrected chi connectivity index (χ1v) is 13.7. The number of aromatic nitrogens is 1. The van der Waals surface area contributed by atoms with Gasteiger partial charge in [0, 0.05) is 29.4 Å². The summed E-state index contributed by atoms with van der Waals surface area (Å²) in [6.45, 7) is 4.54. The van der Waals surface area contributed by atoms with Crippen LogP contribution in [0.1, 0.15) is 69.4 Å². The molecule has 0 saturated heterocycles. The Morgan fingerprint density at radius 1 is 0.868 bits per heavy atom. The van der Waals surface area contributed by atoms with E-state index >= 15 is 0 Å². The second-order valence-corrected chi connectivity index (χ2v) is 12.6. The quantitative estimate of drug-likeness (QED) is 0.390. The normalized spacial score (nSPS) is 29.6. The molecule has 0 amide bonds. The molecule has 1 unspecified atom stereocenters. The molecule has 1 radical (unpaired) electrons. The maximum Gasteiger partial charge on any atom is 3.00 e. The fraction of sp³-hybridized carbons (Fsp3) is 0.412. The Morgan fingerprint density at radius 2 is 1.47 bits per heavy atom. The number of allylic oxidation sites excluding steroid dienone is 6. The van der Waals surface area contributed by atoms with E-state index < -0.39 is 0 Å². The number of aryl methyl sites for hydroxylation is 1. The van der Waals surface area contributed by atoms with E-state index in [0.29, 0.717) is 5.41 Å². The molecule has 1 nitrogen and oxygen atoms in total. The van der Waals surface area contributed by atoms with Gasteiger partial charge in [0.05, 0.1) is 5.69 Å². The van der Waals surface area contributed by atoms with Crippen LogP contribution in [-0.4, -0.2) is 4.57 Å². The molecule has 0 spiro atoms. The van der Waals surface area contributed by atoms with Crippen molar-refractivity contribution in [1.29, 1.82) is 0 Å². The minimum absolute atomic E-state index is 0. The van der Waals surface area contributed by atoms with Crippen LogP contribution in [0.25, 0.3) is 22.2 Å². The van der Waals surface area contributed by atoms with Gasteiger partial charge in [0.1, 0.15) is 0 Å². The number of rotatable bonds is 2. The second kappa shape index (κ2) is 9.94. The van der Waals surface area contributed by atoms with Crippen LogP contribution in [0, 0.1) is 29.2 Å². The topological polar surface area (TPSA) is 4.93 Å². The van der Waals surface area contributed by atoms with Crippen LogP contribution >= 0.6 is 0 Å². The summed E-state index contributed by atoms with van der Waals surface area (Å²) in [5.74, 6) is 3.12. The van der Waals surface area contributed by atoms with Crippen LogP contribution in [0.4, 0.5) is 0 Å². The molecule has 6 aliphatic rings. The summed E-state index contributed by atoms with van der Waals surface area (Å²) >= 11 is 0. The standard InChI is InChI=1S/C34H34N.2ClH.Zr/c1-20(2)24-15-28(29(16-24)34-17-21-12-22(18-34)14-23(13-21)19-34)31-25-8-4-5-9-26(25)33-32(31)27-10-6-7-11-30(27)35(33)3;;;/h4-11,16,21-23,31H,12-14,17-19H2,1-3H3;2*1H;/q-1;;;+3/p-2. The number of hydrogen-bond acceptors (Lipinski definition) is 0. The summed E-state index contributed by atoms with van der Waals surface area (Å²) in [5.41, 5.74) is 13.4. The van der Waals surface area contributed by atoms with E-state index in [4.69, 9.17) is 0 Å². The number of benzene rings is 2. The fourth-order valence-corrected chi connectivity index (χ4v) is 9.31. The largest absolute Gasteiger partial charge is 3.00 e. The van der Waals surface area contributed by atoms with Gasteiger partial charge in [-0.1, -0.05) is 56.3 Å². The van der Waals surface area contributed by atoms with Crippen LogP contribution in [0.3, 0.4) is 0 Å². The van der Waals surface area contributed by atoms with Gasteiger partial charge in [-0.05, 0) is 78.9 Å². The average molecular weight is 619 g/mol. The molecule has 4 fully saturated rings. The van der Waals surface area contributed by atoms with E-state index in [9.17, 15) is 0 Å². The molecular weight excluding hydrogens is 585 g/mol. The first-order chi connectivity index (χ1) is 17.0. The van der Waals surface area contributed by atoms with Crippen molar-refractivity contribution in [2.75, 3.05) is 0 Å². The summed E-state index contributed by atoms with van der Waals surface area (Å²) in [6.07, 6.45) is 15.3. The Morgan fingerprint density at radius 3 is 2.13 bits per heavy atom. The smallest absolute Gasteiger partial charge is 1.00 e. The van der Waals surface area contributed by atoms with Gasteiger partial charge in [-0.3, -0.25) is 0 Å². The molecular formula is C34H34Cl2NZr. The number of hydrogen-bond donors (Lipinski definition) is 0. The molecule has 4 bridgehead atoms. The third-order valence-corrected chi connectivity index (χ3v) is 10.2. The molecule has 3 aromatic rings. The molecule has 0 N–H and O–H groups in total. The monoisotopic (exact) mass is 616 g/mol. The average Bonchev–Trinajstić information content (AvgIpc) is 3.50. The van der Waals surface area contributed by atoms with Crippen LogP contribution in [0.2, 0.25) is 0 Å². The van der Waals surface area contributed by atoms with Crippen LogP contribution in [0.5, 0.6) is 0 Å². The van der Waals surface area contributed by atoms with E-state index in [2.05, 4.69) is 86.1 Å². The number of halogens is 2. The SMILES string of the molecule is CC(C)=C1[C-]=C(C2c3ccccc3-c3c2c2ccccc2n3C)C(C23CC4CC(CC(C4)C2)C3)=C1.[Cl-].[Cl-].[Zr+3]. The van der Waals surface area contributed by atoms with Crippen molar-refractivity contribution in [3.63, 3.8) is 0 Å². The van der Waals surface area contributed by atoms with Crippen molar-refractivity contribution in [2.45, 2.75) is 58.3 Å². The van der Waals surface area contributed by atoms with Gasteiger partial charge in [-0.15, -0.1) is 17.2 Å². The Bertz CT molecular complexity index is 1480. The fourth-order valence-electron chi connectivity index (χ4n) is 9.31. The van der Waals surface area contributed by atoms with Crippen molar-refractivity contribution in [1.82, 2.24) is 4.57 Å². The molecule has 0 aliphatic heterocycles. The molecule has 38 heavy (non-hydrogen) atoms. The van der Waals surface area contributed by atoms with E-state index in [1.54, 1.807) is 5.57 Å². The Balaban J connectivity index is 0.000000980. The summed E-state index contributed by atoms with van der Waals surface area (Å²) in [5, 5.41) is 1.41. The molecule has 4 saturated carbocycles. The number of fused-ring (bicyclic) bond motifs is 5. The van der Waals surface area contributed by atoms with Gasteiger partial charge in [-0.25, -0.2) is 0 Å². The maximum atomic E-state index is 4.06. The van der Waals surface area contributed by atoms with Gasteiger partial charge >= 0.3 is 26.2 Å². The molecule has 9 rings (SSSR count). The number of nitrogens with zero attached hydrogens (tertiary/aromatic N) is 1. The summed E-state index contributed by atoms with van der Waals surface area (Å²) < 4.78 is 2.44. The first kappa shape index (κ1) is 28.2. The molecule has 1 atom stereocenters. The zero-order valence-electron chi connectivity index (χ0n) is 22.5. The van der Waals surface area contributed by atoms with Crippen molar-refractivity contribution in [2.24, 2.45) is 30.2 Å². The third kappa shape index (κ3) is 3.80. The van der Waals surface area contributed by atoms with Gasteiger partial charge in [-0.2, -0.15) is 17.2 Å². The van der Waals surface area contributed by atoms with Gasteiger partial charge in [0.2, 0.25) is 0 Å². The van der Waals surface area contributed by atoms with Gasteiger partial charge in [0.15, 0.2) is 0 Å². The Labute approximate surface area is 258 Å². The minimum Gasteiger partial charge on any atom is -1.00 e. The molecule has 6 aliphatic carbocycles. The van der Waals surface area contributed by atoms with Crippen molar-refractivity contribution in [3.8, 4) is 11.3 Å². The van der Waals surface area contributed by atoms with Crippen molar-refractivity contribution >= 4 is 10.9 Å². The van der Waals surface area contributed by atoms with E-state index in [-0.39, 0.29) is 56.9 Å². The van der Waals surface area contributed by atoms with Crippen molar-refractivity contribution < 1.29 is 51.0 Å². The summed E-state index contributed by atoms with van der Waals surface area (Å²) in [7, 11) is 2.25. The predicted octanol–water partition coefficient (Wildman–Crippen LogP) is 2.52. The van der Waals surface area contributed by atoms with Crippen LogP contribution in [0.15, 0.2) is 76.9 Å². The molecule has 2 aromatic carbocycles. The predicted molar refractivity (Wildman–Crippen MR) is 144 cm³/mol. The first-order valence-electron chi connectivity index (χ1n) is 13.7. The Hall–Kier alpha value is -1.34. The van der Waals surface area contributed by atoms with Gasteiger partial charge < -0.3 is 29.4 Å². The zero-order valence-corrected chi connectivity index (χ0v) is 26.4. The molecule has 1 heterocycles. The van der Waals surface area contributed by atoms with E-state index in [0.717, 1.165) is 17.8 Å².